The Labute approximate surface area is 98.5 Å². The molecule has 0 aromatic carbocycles. The zero-order valence-electron chi connectivity index (χ0n) is 9.47. The first-order chi connectivity index (χ1) is 7.77. The van der Waals surface area contributed by atoms with E-state index in [0.717, 1.165) is 31.0 Å². The SMILES string of the molecule is Cc1ncsc1CNCCc1ncnn1C. The number of aromatic nitrogens is 4. The van der Waals surface area contributed by atoms with E-state index in [1.165, 1.54) is 4.88 Å². The van der Waals surface area contributed by atoms with Crippen LogP contribution in [0.25, 0.3) is 0 Å². The molecule has 6 heteroatoms. The molecule has 0 aliphatic rings. The monoisotopic (exact) mass is 237 g/mol. The van der Waals surface area contributed by atoms with Crippen molar-refractivity contribution in [3.8, 4) is 0 Å². The lowest BCUT2D eigenvalue weighted by Gasteiger charge is -2.03. The van der Waals surface area contributed by atoms with Gasteiger partial charge in [0, 0.05) is 31.4 Å². The number of hydrogen-bond donors (Lipinski definition) is 1. The van der Waals surface area contributed by atoms with E-state index < -0.39 is 0 Å². The Hall–Kier alpha value is -1.27. The summed E-state index contributed by atoms with van der Waals surface area (Å²) in [5.41, 5.74) is 3.01. The molecule has 0 radical (unpaired) electrons. The normalized spacial score (nSPS) is 10.9. The first kappa shape index (κ1) is 11.2. The maximum absolute atomic E-state index is 4.21. The average Bonchev–Trinajstić information content (AvgIpc) is 2.84. The van der Waals surface area contributed by atoms with Crippen molar-refractivity contribution < 1.29 is 0 Å². The van der Waals surface area contributed by atoms with Gasteiger partial charge < -0.3 is 5.32 Å². The molecule has 0 spiro atoms. The van der Waals surface area contributed by atoms with Crippen molar-refractivity contribution in [2.45, 2.75) is 19.9 Å². The van der Waals surface area contributed by atoms with Crippen LogP contribution in [0.3, 0.4) is 0 Å². The number of aryl methyl sites for hydroxylation is 2. The minimum atomic E-state index is 0.883. The van der Waals surface area contributed by atoms with Crippen LogP contribution in [-0.2, 0) is 20.0 Å². The highest BCUT2D eigenvalue weighted by atomic mass is 32.1. The van der Waals surface area contributed by atoms with Gasteiger partial charge in [-0.2, -0.15) is 5.10 Å². The van der Waals surface area contributed by atoms with Crippen LogP contribution in [0.4, 0.5) is 0 Å². The number of nitrogens with zero attached hydrogens (tertiary/aromatic N) is 4. The maximum Gasteiger partial charge on any atom is 0.138 e. The van der Waals surface area contributed by atoms with Crippen molar-refractivity contribution >= 4 is 11.3 Å². The Balaban J connectivity index is 1.74. The lowest BCUT2D eigenvalue weighted by atomic mass is 10.3. The average molecular weight is 237 g/mol. The Morgan fingerprint density at radius 2 is 2.31 bits per heavy atom. The summed E-state index contributed by atoms with van der Waals surface area (Å²) in [5.74, 6) is 1.01. The summed E-state index contributed by atoms with van der Waals surface area (Å²) in [4.78, 5) is 9.69. The molecule has 2 heterocycles. The molecule has 0 bridgehead atoms. The van der Waals surface area contributed by atoms with Crippen LogP contribution >= 0.6 is 11.3 Å². The summed E-state index contributed by atoms with van der Waals surface area (Å²) in [6.45, 7) is 3.83. The molecule has 2 aromatic heterocycles. The number of thiazole rings is 1. The third-order valence-corrected chi connectivity index (χ3v) is 3.40. The van der Waals surface area contributed by atoms with Crippen molar-refractivity contribution in [3.63, 3.8) is 0 Å². The van der Waals surface area contributed by atoms with Gasteiger partial charge in [0.2, 0.25) is 0 Å². The molecule has 0 saturated heterocycles. The Morgan fingerprint density at radius 1 is 1.44 bits per heavy atom. The van der Waals surface area contributed by atoms with Gasteiger partial charge in [0.05, 0.1) is 11.2 Å². The fraction of sp³-hybridized carbons (Fsp3) is 0.500. The van der Waals surface area contributed by atoms with Crippen molar-refractivity contribution in [1.82, 2.24) is 25.1 Å². The van der Waals surface area contributed by atoms with Gasteiger partial charge in [0.25, 0.3) is 0 Å². The molecular formula is C10H15N5S. The molecule has 0 amide bonds. The van der Waals surface area contributed by atoms with Crippen LogP contribution in [-0.4, -0.2) is 26.3 Å². The van der Waals surface area contributed by atoms with Gasteiger partial charge in [-0.15, -0.1) is 11.3 Å². The van der Waals surface area contributed by atoms with Gasteiger partial charge in [-0.3, -0.25) is 4.68 Å². The number of nitrogens with one attached hydrogen (secondary N) is 1. The minimum absolute atomic E-state index is 0.883. The van der Waals surface area contributed by atoms with Crippen LogP contribution in [0, 0.1) is 6.92 Å². The van der Waals surface area contributed by atoms with Gasteiger partial charge in [-0.25, -0.2) is 9.97 Å². The van der Waals surface area contributed by atoms with E-state index in [0.29, 0.717) is 0 Å². The third-order valence-electron chi connectivity index (χ3n) is 2.46. The zero-order chi connectivity index (χ0) is 11.4. The lowest BCUT2D eigenvalue weighted by molar-refractivity contribution is 0.635. The molecule has 0 unspecified atom stereocenters. The van der Waals surface area contributed by atoms with Crippen molar-refractivity contribution in [2.75, 3.05) is 6.54 Å². The molecule has 86 valence electrons. The molecule has 5 nitrogen and oxygen atoms in total. The summed E-state index contributed by atoms with van der Waals surface area (Å²) in [6.07, 6.45) is 2.48. The van der Waals surface area contributed by atoms with Crippen molar-refractivity contribution in [3.05, 3.63) is 28.2 Å². The second-order valence-corrected chi connectivity index (χ2v) is 4.53. The van der Waals surface area contributed by atoms with Crippen LogP contribution < -0.4 is 5.32 Å². The Kier molecular flexibility index (Phi) is 3.63. The highest BCUT2D eigenvalue weighted by Crippen LogP contribution is 2.10. The van der Waals surface area contributed by atoms with Gasteiger partial charge in [-0.05, 0) is 6.92 Å². The van der Waals surface area contributed by atoms with E-state index in [-0.39, 0.29) is 0 Å². The fourth-order valence-corrected chi connectivity index (χ4v) is 2.19. The van der Waals surface area contributed by atoms with Crippen molar-refractivity contribution in [2.24, 2.45) is 7.05 Å². The molecular weight excluding hydrogens is 222 g/mol. The highest BCUT2D eigenvalue weighted by molar-refractivity contribution is 7.09. The molecule has 2 rings (SSSR count). The van der Waals surface area contributed by atoms with E-state index >= 15 is 0 Å². The molecule has 0 aliphatic carbocycles. The molecule has 16 heavy (non-hydrogen) atoms. The van der Waals surface area contributed by atoms with Crippen LogP contribution in [0.15, 0.2) is 11.8 Å². The number of rotatable bonds is 5. The largest absolute Gasteiger partial charge is 0.311 e. The molecule has 0 fully saturated rings. The van der Waals surface area contributed by atoms with E-state index in [9.17, 15) is 0 Å². The van der Waals surface area contributed by atoms with E-state index in [1.807, 2.05) is 19.5 Å². The topological polar surface area (TPSA) is 55.6 Å². The highest BCUT2D eigenvalue weighted by Gasteiger charge is 2.02. The minimum Gasteiger partial charge on any atom is -0.311 e. The van der Waals surface area contributed by atoms with E-state index in [1.54, 1.807) is 22.3 Å². The predicted octanol–water partition coefficient (Wildman–Crippen LogP) is 0.912. The standard InChI is InChI=1S/C10H15N5S/c1-8-9(16-7-13-8)5-11-4-3-10-12-6-14-15(10)2/h6-7,11H,3-5H2,1-2H3. The smallest absolute Gasteiger partial charge is 0.138 e. The molecule has 0 atom stereocenters. The lowest BCUT2D eigenvalue weighted by Crippen LogP contribution is -2.18. The van der Waals surface area contributed by atoms with E-state index in [2.05, 4.69) is 20.4 Å². The maximum atomic E-state index is 4.21. The van der Waals surface area contributed by atoms with Crippen LogP contribution in [0.1, 0.15) is 16.4 Å². The van der Waals surface area contributed by atoms with Crippen LogP contribution in [0.5, 0.6) is 0 Å². The van der Waals surface area contributed by atoms with Gasteiger partial charge in [-0.1, -0.05) is 0 Å². The van der Waals surface area contributed by atoms with Crippen molar-refractivity contribution in [1.29, 1.82) is 0 Å². The van der Waals surface area contributed by atoms with Gasteiger partial charge >= 0.3 is 0 Å². The second-order valence-electron chi connectivity index (χ2n) is 3.59. The van der Waals surface area contributed by atoms with Gasteiger partial charge in [0.1, 0.15) is 12.2 Å². The molecule has 1 N–H and O–H groups in total. The van der Waals surface area contributed by atoms with Crippen LogP contribution in [0.2, 0.25) is 0 Å². The zero-order valence-corrected chi connectivity index (χ0v) is 10.3. The molecule has 2 aromatic rings. The summed E-state index contributed by atoms with van der Waals surface area (Å²) in [6, 6.07) is 0. The first-order valence-corrected chi connectivity index (χ1v) is 6.08. The van der Waals surface area contributed by atoms with Gasteiger partial charge in [0.15, 0.2) is 0 Å². The Morgan fingerprint density at radius 3 is 2.94 bits per heavy atom. The second kappa shape index (κ2) is 5.18. The molecule has 0 saturated carbocycles. The summed E-state index contributed by atoms with van der Waals surface area (Å²) < 4.78 is 1.81. The predicted molar refractivity (Wildman–Crippen MR) is 63.3 cm³/mol. The summed E-state index contributed by atoms with van der Waals surface area (Å²) in [5, 5.41) is 7.41. The third kappa shape index (κ3) is 2.65. The number of hydrogen-bond acceptors (Lipinski definition) is 5. The molecule has 0 aliphatic heterocycles. The first-order valence-electron chi connectivity index (χ1n) is 5.20. The summed E-state index contributed by atoms with van der Waals surface area (Å²) in [7, 11) is 1.91. The quantitative estimate of drug-likeness (QED) is 0.785. The Bertz CT molecular complexity index is 405. The fourth-order valence-electron chi connectivity index (χ4n) is 1.44. The summed E-state index contributed by atoms with van der Waals surface area (Å²) >= 11 is 1.69. The van der Waals surface area contributed by atoms with E-state index in [4.69, 9.17) is 0 Å².